The Hall–Kier alpha value is -1.77. The summed E-state index contributed by atoms with van der Waals surface area (Å²) >= 11 is 0. The topological polar surface area (TPSA) is 42.1 Å². The largest absolute Gasteiger partial charge is 0.461 e. The van der Waals surface area contributed by atoms with Crippen LogP contribution in [0.2, 0.25) is 0 Å². The summed E-state index contributed by atoms with van der Waals surface area (Å²) in [6.45, 7) is 2.63. The van der Waals surface area contributed by atoms with Gasteiger partial charge < -0.3 is 9.72 Å². The van der Waals surface area contributed by atoms with Crippen LogP contribution < -0.4 is 0 Å². The first-order chi connectivity index (χ1) is 8.31. The highest BCUT2D eigenvalue weighted by atomic mass is 16.5. The molecule has 90 valence electrons. The average molecular weight is 231 g/mol. The summed E-state index contributed by atoms with van der Waals surface area (Å²) < 4.78 is 5.19. The van der Waals surface area contributed by atoms with E-state index in [4.69, 9.17) is 4.74 Å². The van der Waals surface area contributed by atoms with Crippen molar-refractivity contribution in [3.63, 3.8) is 0 Å². The molecule has 0 saturated carbocycles. The van der Waals surface area contributed by atoms with Gasteiger partial charge in [-0.25, -0.2) is 4.79 Å². The maximum atomic E-state index is 11.7. The van der Waals surface area contributed by atoms with Crippen LogP contribution in [-0.4, -0.2) is 17.6 Å². The van der Waals surface area contributed by atoms with Gasteiger partial charge in [-0.15, -0.1) is 0 Å². The van der Waals surface area contributed by atoms with Gasteiger partial charge in [0.25, 0.3) is 0 Å². The van der Waals surface area contributed by atoms with Crippen molar-refractivity contribution in [1.82, 2.24) is 4.98 Å². The molecule has 0 saturated heterocycles. The number of hydrogen-bond acceptors (Lipinski definition) is 2. The molecule has 0 aliphatic heterocycles. The Labute approximate surface area is 101 Å². The van der Waals surface area contributed by atoms with Crippen LogP contribution in [0.15, 0.2) is 30.3 Å². The summed E-state index contributed by atoms with van der Waals surface area (Å²) in [5.74, 6) is -0.266. The number of unbranched alkanes of at least 4 members (excludes halogenated alkanes) is 2. The second kappa shape index (κ2) is 5.53. The zero-order valence-electron chi connectivity index (χ0n) is 10.0. The van der Waals surface area contributed by atoms with E-state index in [9.17, 15) is 4.79 Å². The number of hydrogen-bond donors (Lipinski definition) is 1. The molecule has 0 unspecified atom stereocenters. The summed E-state index contributed by atoms with van der Waals surface area (Å²) in [6.07, 6.45) is 3.16. The smallest absolute Gasteiger partial charge is 0.354 e. The quantitative estimate of drug-likeness (QED) is 0.632. The van der Waals surface area contributed by atoms with Crippen molar-refractivity contribution >= 4 is 16.9 Å². The summed E-state index contributed by atoms with van der Waals surface area (Å²) in [4.78, 5) is 14.8. The predicted octanol–water partition coefficient (Wildman–Crippen LogP) is 3.51. The van der Waals surface area contributed by atoms with Crippen LogP contribution in [0.3, 0.4) is 0 Å². The minimum atomic E-state index is -0.266. The minimum absolute atomic E-state index is 0.266. The highest BCUT2D eigenvalue weighted by Gasteiger charge is 2.09. The average Bonchev–Trinajstić information content (AvgIpc) is 2.78. The SMILES string of the molecule is CCCCCOC(=O)c1cc2ccccc2[nH]1. The van der Waals surface area contributed by atoms with E-state index in [1.807, 2.05) is 30.3 Å². The molecular formula is C14H17NO2. The van der Waals surface area contributed by atoms with E-state index in [1.54, 1.807) is 0 Å². The third kappa shape index (κ3) is 2.87. The van der Waals surface area contributed by atoms with Gasteiger partial charge in [0.05, 0.1) is 6.61 Å². The minimum Gasteiger partial charge on any atom is -0.461 e. The molecule has 0 fully saturated rings. The van der Waals surface area contributed by atoms with E-state index in [0.29, 0.717) is 12.3 Å². The van der Waals surface area contributed by atoms with E-state index in [-0.39, 0.29) is 5.97 Å². The summed E-state index contributed by atoms with van der Waals surface area (Å²) in [7, 11) is 0. The molecular weight excluding hydrogens is 214 g/mol. The van der Waals surface area contributed by atoms with Crippen molar-refractivity contribution in [1.29, 1.82) is 0 Å². The van der Waals surface area contributed by atoms with Crippen molar-refractivity contribution in [2.24, 2.45) is 0 Å². The van der Waals surface area contributed by atoms with Crippen molar-refractivity contribution < 1.29 is 9.53 Å². The van der Waals surface area contributed by atoms with E-state index < -0.39 is 0 Å². The molecule has 0 atom stereocenters. The zero-order valence-corrected chi connectivity index (χ0v) is 10.0. The van der Waals surface area contributed by atoms with E-state index >= 15 is 0 Å². The Morgan fingerprint density at radius 1 is 1.29 bits per heavy atom. The lowest BCUT2D eigenvalue weighted by Gasteiger charge is -2.01. The fraction of sp³-hybridized carbons (Fsp3) is 0.357. The highest BCUT2D eigenvalue weighted by molar-refractivity contribution is 5.94. The summed E-state index contributed by atoms with van der Waals surface area (Å²) in [5, 5.41) is 1.04. The molecule has 0 amide bonds. The number of ether oxygens (including phenoxy) is 1. The highest BCUT2D eigenvalue weighted by Crippen LogP contribution is 2.15. The molecule has 2 aromatic rings. The number of aromatic nitrogens is 1. The first kappa shape index (κ1) is 11.7. The van der Waals surface area contributed by atoms with Gasteiger partial charge in [0.15, 0.2) is 0 Å². The lowest BCUT2D eigenvalue weighted by atomic mass is 10.2. The van der Waals surface area contributed by atoms with Gasteiger partial charge in [0, 0.05) is 10.9 Å². The number of fused-ring (bicyclic) bond motifs is 1. The second-order valence-electron chi connectivity index (χ2n) is 4.11. The van der Waals surface area contributed by atoms with Gasteiger partial charge in [-0.2, -0.15) is 0 Å². The number of carbonyl (C=O) groups excluding carboxylic acids is 1. The van der Waals surface area contributed by atoms with E-state index in [0.717, 1.165) is 30.2 Å². The number of H-pyrrole nitrogens is 1. The molecule has 1 heterocycles. The fourth-order valence-electron chi connectivity index (χ4n) is 1.78. The number of esters is 1. The first-order valence-electron chi connectivity index (χ1n) is 6.06. The maximum Gasteiger partial charge on any atom is 0.354 e. The number of benzene rings is 1. The van der Waals surface area contributed by atoms with Gasteiger partial charge in [0.2, 0.25) is 0 Å². The van der Waals surface area contributed by atoms with Crippen molar-refractivity contribution in [3.05, 3.63) is 36.0 Å². The molecule has 0 aliphatic rings. The Kier molecular flexibility index (Phi) is 3.81. The Bertz CT molecular complexity index is 469. The van der Waals surface area contributed by atoms with Crippen LogP contribution in [0.25, 0.3) is 10.9 Å². The summed E-state index contributed by atoms with van der Waals surface area (Å²) in [5.41, 5.74) is 1.50. The van der Waals surface area contributed by atoms with Crippen LogP contribution in [0.5, 0.6) is 0 Å². The second-order valence-corrected chi connectivity index (χ2v) is 4.11. The molecule has 0 spiro atoms. The molecule has 1 N–H and O–H groups in total. The van der Waals surface area contributed by atoms with Crippen LogP contribution in [0, 0.1) is 0 Å². The predicted molar refractivity (Wildman–Crippen MR) is 68.1 cm³/mol. The van der Waals surface area contributed by atoms with E-state index in [2.05, 4.69) is 11.9 Å². The number of aromatic amines is 1. The number of nitrogens with one attached hydrogen (secondary N) is 1. The normalized spacial score (nSPS) is 10.6. The lowest BCUT2D eigenvalue weighted by Crippen LogP contribution is -2.06. The lowest BCUT2D eigenvalue weighted by molar-refractivity contribution is 0.0492. The molecule has 3 nitrogen and oxygen atoms in total. The summed E-state index contributed by atoms with van der Waals surface area (Å²) in [6, 6.07) is 9.64. The standard InChI is InChI=1S/C14H17NO2/c1-2-3-6-9-17-14(16)13-10-11-7-4-5-8-12(11)15-13/h4-5,7-8,10,15H,2-3,6,9H2,1H3. The third-order valence-corrected chi connectivity index (χ3v) is 2.73. The van der Waals surface area contributed by atoms with Gasteiger partial charge in [-0.3, -0.25) is 0 Å². The molecule has 17 heavy (non-hydrogen) atoms. The number of para-hydroxylation sites is 1. The van der Waals surface area contributed by atoms with Gasteiger partial charge in [0.1, 0.15) is 5.69 Å². The van der Waals surface area contributed by atoms with Gasteiger partial charge in [-0.05, 0) is 18.6 Å². The molecule has 0 radical (unpaired) electrons. The van der Waals surface area contributed by atoms with Crippen molar-refractivity contribution in [2.75, 3.05) is 6.61 Å². The van der Waals surface area contributed by atoms with Crippen LogP contribution in [0.4, 0.5) is 0 Å². The Morgan fingerprint density at radius 3 is 2.88 bits per heavy atom. The van der Waals surface area contributed by atoms with Gasteiger partial charge in [-0.1, -0.05) is 38.0 Å². The maximum absolute atomic E-state index is 11.7. The molecule has 0 bridgehead atoms. The van der Waals surface area contributed by atoms with Crippen LogP contribution in [-0.2, 0) is 4.74 Å². The molecule has 0 aliphatic carbocycles. The van der Waals surface area contributed by atoms with Gasteiger partial charge >= 0.3 is 5.97 Å². The monoisotopic (exact) mass is 231 g/mol. The molecule has 1 aromatic carbocycles. The van der Waals surface area contributed by atoms with Crippen LogP contribution in [0.1, 0.15) is 36.7 Å². The number of rotatable bonds is 5. The van der Waals surface area contributed by atoms with Crippen molar-refractivity contribution in [2.45, 2.75) is 26.2 Å². The molecule has 2 rings (SSSR count). The third-order valence-electron chi connectivity index (χ3n) is 2.73. The number of carbonyl (C=O) groups is 1. The van der Waals surface area contributed by atoms with E-state index in [1.165, 1.54) is 0 Å². The molecule has 1 aromatic heterocycles. The Balaban J connectivity index is 1.99. The zero-order chi connectivity index (χ0) is 12.1. The van der Waals surface area contributed by atoms with Crippen LogP contribution >= 0.6 is 0 Å². The fourth-order valence-corrected chi connectivity index (χ4v) is 1.78. The first-order valence-corrected chi connectivity index (χ1v) is 6.06. The Morgan fingerprint density at radius 2 is 2.12 bits per heavy atom. The van der Waals surface area contributed by atoms with Crippen molar-refractivity contribution in [3.8, 4) is 0 Å². The molecule has 3 heteroatoms.